The number of ether oxygens (including phenoxy) is 1. The standard InChI is InChI=1S/C21H25FN4O4S/c22-19-14-17(3-4-20(19)25-10-12-30-13-11-25)24-21(27)16-5-8-26(9-6-16)31(28,29)18-2-1-7-23-15-18/h1-4,7,14-16H,5-6,8-13H2,(H,24,27). The minimum atomic E-state index is -3.62. The molecule has 1 aromatic carbocycles. The third-order valence-electron chi connectivity index (χ3n) is 5.66. The van der Waals surface area contributed by atoms with Crippen molar-refractivity contribution in [2.45, 2.75) is 17.7 Å². The number of carbonyl (C=O) groups is 1. The number of amides is 1. The van der Waals surface area contributed by atoms with Crippen LogP contribution in [0.25, 0.3) is 0 Å². The van der Waals surface area contributed by atoms with Crippen molar-refractivity contribution in [3.8, 4) is 0 Å². The zero-order valence-electron chi connectivity index (χ0n) is 17.0. The highest BCUT2D eigenvalue weighted by molar-refractivity contribution is 7.89. The fraction of sp³-hybridized carbons (Fsp3) is 0.429. The normalized spacial score (nSPS) is 18.7. The second kappa shape index (κ2) is 9.29. The summed E-state index contributed by atoms with van der Waals surface area (Å²) in [5.41, 5.74) is 0.889. The zero-order valence-corrected chi connectivity index (χ0v) is 17.9. The van der Waals surface area contributed by atoms with E-state index in [-0.39, 0.29) is 29.8 Å². The third kappa shape index (κ3) is 4.86. The van der Waals surface area contributed by atoms with Crippen molar-refractivity contribution >= 4 is 27.3 Å². The molecule has 2 fully saturated rings. The number of morpholine rings is 1. The van der Waals surface area contributed by atoms with E-state index in [1.807, 2.05) is 4.90 Å². The molecule has 0 bridgehead atoms. The van der Waals surface area contributed by atoms with Gasteiger partial charge in [0.2, 0.25) is 15.9 Å². The van der Waals surface area contributed by atoms with Crippen LogP contribution in [-0.2, 0) is 19.6 Å². The molecule has 8 nitrogen and oxygen atoms in total. The Hall–Kier alpha value is -2.56. The van der Waals surface area contributed by atoms with Crippen LogP contribution in [0.1, 0.15) is 12.8 Å². The summed E-state index contributed by atoms with van der Waals surface area (Å²) in [6.07, 6.45) is 3.65. The predicted molar refractivity (Wildman–Crippen MR) is 114 cm³/mol. The predicted octanol–water partition coefficient (Wildman–Crippen LogP) is 2.10. The molecular weight excluding hydrogens is 423 g/mol. The van der Waals surface area contributed by atoms with E-state index in [4.69, 9.17) is 4.74 Å². The van der Waals surface area contributed by atoms with Gasteiger partial charge in [-0.2, -0.15) is 4.31 Å². The number of aromatic nitrogens is 1. The number of anilines is 2. The summed E-state index contributed by atoms with van der Waals surface area (Å²) in [4.78, 5) is 18.6. The molecule has 0 radical (unpaired) electrons. The highest BCUT2D eigenvalue weighted by Crippen LogP contribution is 2.27. The smallest absolute Gasteiger partial charge is 0.244 e. The van der Waals surface area contributed by atoms with Gasteiger partial charge in [0, 0.05) is 50.2 Å². The fourth-order valence-corrected chi connectivity index (χ4v) is 5.33. The van der Waals surface area contributed by atoms with Gasteiger partial charge in [0.15, 0.2) is 0 Å². The summed E-state index contributed by atoms with van der Waals surface area (Å²) in [6, 6.07) is 7.77. The van der Waals surface area contributed by atoms with Crippen molar-refractivity contribution in [2.75, 3.05) is 49.6 Å². The van der Waals surface area contributed by atoms with Gasteiger partial charge in [0.25, 0.3) is 0 Å². The Labute approximate surface area is 181 Å². The average molecular weight is 449 g/mol. The van der Waals surface area contributed by atoms with E-state index in [9.17, 15) is 17.6 Å². The number of halogens is 1. The van der Waals surface area contributed by atoms with Crippen LogP contribution < -0.4 is 10.2 Å². The Kier molecular flexibility index (Phi) is 6.49. The van der Waals surface area contributed by atoms with Crippen LogP contribution in [0.5, 0.6) is 0 Å². The Balaban J connectivity index is 1.34. The van der Waals surface area contributed by atoms with Gasteiger partial charge in [-0.3, -0.25) is 9.78 Å². The van der Waals surface area contributed by atoms with Crippen LogP contribution in [0.4, 0.5) is 15.8 Å². The number of hydrogen-bond donors (Lipinski definition) is 1. The minimum Gasteiger partial charge on any atom is -0.378 e. The maximum absolute atomic E-state index is 14.6. The molecule has 1 amide bonds. The summed E-state index contributed by atoms with van der Waals surface area (Å²) < 4.78 is 46.6. The lowest BCUT2D eigenvalue weighted by Crippen LogP contribution is -2.41. The van der Waals surface area contributed by atoms with E-state index in [1.165, 1.54) is 28.8 Å². The van der Waals surface area contributed by atoms with Crippen molar-refractivity contribution in [1.82, 2.24) is 9.29 Å². The number of hydrogen-bond acceptors (Lipinski definition) is 6. The van der Waals surface area contributed by atoms with E-state index < -0.39 is 15.8 Å². The molecule has 2 aromatic rings. The van der Waals surface area contributed by atoms with Gasteiger partial charge < -0.3 is 15.0 Å². The molecule has 0 spiro atoms. The van der Waals surface area contributed by atoms with E-state index in [0.29, 0.717) is 50.5 Å². The first-order chi connectivity index (χ1) is 14.9. The van der Waals surface area contributed by atoms with Gasteiger partial charge >= 0.3 is 0 Å². The first-order valence-corrected chi connectivity index (χ1v) is 11.7. The molecule has 1 aromatic heterocycles. The largest absolute Gasteiger partial charge is 0.378 e. The van der Waals surface area contributed by atoms with Crippen molar-refractivity contribution in [1.29, 1.82) is 0 Å². The molecule has 3 heterocycles. The molecule has 2 aliphatic rings. The molecule has 2 saturated heterocycles. The molecule has 0 unspecified atom stereocenters. The molecule has 10 heteroatoms. The number of piperidine rings is 1. The van der Waals surface area contributed by atoms with Crippen molar-refractivity contribution < 1.29 is 22.3 Å². The van der Waals surface area contributed by atoms with Crippen LogP contribution in [-0.4, -0.2) is 63.0 Å². The van der Waals surface area contributed by atoms with Crippen molar-refractivity contribution in [3.63, 3.8) is 0 Å². The topological polar surface area (TPSA) is 91.8 Å². The summed E-state index contributed by atoms with van der Waals surface area (Å²) >= 11 is 0. The number of nitrogens with one attached hydrogen (secondary N) is 1. The first-order valence-electron chi connectivity index (χ1n) is 10.3. The van der Waals surface area contributed by atoms with Crippen LogP contribution in [0.2, 0.25) is 0 Å². The highest BCUT2D eigenvalue weighted by Gasteiger charge is 2.32. The Bertz CT molecular complexity index is 1020. The Morgan fingerprint density at radius 1 is 1.13 bits per heavy atom. The van der Waals surface area contributed by atoms with Crippen LogP contribution in [0.3, 0.4) is 0 Å². The molecule has 0 saturated carbocycles. The lowest BCUT2D eigenvalue weighted by molar-refractivity contribution is -0.120. The Morgan fingerprint density at radius 2 is 1.87 bits per heavy atom. The summed E-state index contributed by atoms with van der Waals surface area (Å²) in [6.45, 7) is 2.88. The minimum absolute atomic E-state index is 0.147. The third-order valence-corrected chi connectivity index (χ3v) is 7.55. The molecular formula is C21H25FN4O4S. The molecule has 166 valence electrons. The molecule has 31 heavy (non-hydrogen) atoms. The van der Waals surface area contributed by atoms with Gasteiger partial charge in [0.05, 0.1) is 18.9 Å². The molecule has 0 atom stereocenters. The van der Waals surface area contributed by atoms with Gasteiger partial charge in [-0.25, -0.2) is 12.8 Å². The number of sulfonamides is 1. The molecule has 2 aliphatic heterocycles. The SMILES string of the molecule is O=C(Nc1ccc(N2CCOCC2)c(F)c1)C1CCN(S(=O)(=O)c2cccnc2)CC1. The lowest BCUT2D eigenvalue weighted by atomic mass is 9.97. The fourth-order valence-electron chi connectivity index (χ4n) is 3.90. The van der Waals surface area contributed by atoms with E-state index in [0.717, 1.165) is 0 Å². The zero-order chi connectivity index (χ0) is 21.8. The van der Waals surface area contributed by atoms with Crippen molar-refractivity contribution in [3.05, 3.63) is 48.5 Å². The first kappa shape index (κ1) is 21.7. The monoisotopic (exact) mass is 448 g/mol. The number of benzene rings is 1. The van der Waals surface area contributed by atoms with E-state index >= 15 is 0 Å². The number of nitrogens with zero attached hydrogens (tertiary/aromatic N) is 3. The highest BCUT2D eigenvalue weighted by atomic mass is 32.2. The Morgan fingerprint density at radius 3 is 2.52 bits per heavy atom. The van der Waals surface area contributed by atoms with E-state index in [1.54, 1.807) is 18.2 Å². The van der Waals surface area contributed by atoms with Crippen LogP contribution >= 0.6 is 0 Å². The second-order valence-electron chi connectivity index (χ2n) is 7.62. The van der Waals surface area contributed by atoms with E-state index in [2.05, 4.69) is 10.3 Å². The molecule has 4 rings (SSSR count). The average Bonchev–Trinajstić information content (AvgIpc) is 2.80. The summed E-state index contributed by atoms with van der Waals surface area (Å²) in [5, 5.41) is 2.77. The van der Waals surface area contributed by atoms with Gasteiger partial charge in [-0.05, 0) is 43.2 Å². The van der Waals surface area contributed by atoms with Gasteiger partial charge in [-0.1, -0.05) is 0 Å². The van der Waals surface area contributed by atoms with Crippen LogP contribution in [0.15, 0.2) is 47.6 Å². The summed E-state index contributed by atoms with van der Waals surface area (Å²) in [5.74, 6) is -0.948. The van der Waals surface area contributed by atoms with Crippen LogP contribution in [0, 0.1) is 11.7 Å². The maximum Gasteiger partial charge on any atom is 0.244 e. The maximum atomic E-state index is 14.6. The second-order valence-corrected chi connectivity index (χ2v) is 9.56. The quantitative estimate of drug-likeness (QED) is 0.753. The number of pyridine rings is 1. The number of carbonyl (C=O) groups excluding carboxylic acids is 1. The number of rotatable bonds is 5. The summed E-state index contributed by atoms with van der Waals surface area (Å²) in [7, 11) is -3.62. The van der Waals surface area contributed by atoms with Crippen molar-refractivity contribution in [2.24, 2.45) is 5.92 Å². The molecule has 0 aliphatic carbocycles. The lowest BCUT2D eigenvalue weighted by Gasteiger charge is -2.30. The van der Waals surface area contributed by atoms with Gasteiger partial charge in [0.1, 0.15) is 10.7 Å². The van der Waals surface area contributed by atoms with Gasteiger partial charge in [-0.15, -0.1) is 0 Å². The molecule has 1 N–H and O–H groups in total.